The molecule has 7 heteroatoms. The lowest BCUT2D eigenvalue weighted by molar-refractivity contribution is -0.130. The average molecular weight is 313 g/mol. The zero-order valence-electron chi connectivity index (χ0n) is 13.0. The molecular formula is C14H23N3O3S. The van der Waals surface area contributed by atoms with Crippen LogP contribution >= 0.6 is 0 Å². The molecule has 0 spiro atoms. The van der Waals surface area contributed by atoms with E-state index in [1.54, 1.807) is 24.0 Å². The van der Waals surface area contributed by atoms with E-state index < -0.39 is 10.0 Å². The van der Waals surface area contributed by atoms with Crippen LogP contribution in [0.15, 0.2) is 23.1 Å². The molecule has 1 aromatic rings. The van der Waals surface area contributed by atoms with E-state index in [1.807, 2.05) is 13.8 Å². The summed E-state index contributed by atoms with van der Waals surface area (Å²) < 4.78 is 26.1. The molecular weight excluding hydrogens is 290 g/mol. The van der Waals surface area contributed by atoms with Crippen LogP contribution in [-0.4, -0.2) is 50.2 Å². The van der Waals surface area contributed by atoms with Gasteiger partial charge in [-0.25, -0.2) is 8.42 Å². The standard InChI is InChI=1S/C14H23N3O3S/c1-5-17(6-2)14(18)10-16(4)21(19,20)13-9-12(15)8-7-11(13)3/h7-9H,5-6,10,15H2,1-4H3. The highest BCUT2D eigenvalue weighted by atomic mass is 32.2. The second kappa shape index (κ2) is 6.91. The summed E-state index contributed by atoms with van der Waals surface area (Å²) in [5.74, 6) is -0.215. The summed E-state index contributed by atoms with van der Waals surface area (Å²) in [6.07, 6.45) is 0. The first-order valence-corrected chi connectivity index (χ1v) is 8.28. The van der Waals surface area contributed by atoms with Crippen molar-refractivity contribution < 1.29 is 13.2 Å². The lowest BCUT2D eigenvalue weighted by atomic mass is 10.2. The minimum atomic E-state index is -3.73. The molecule has 0 radical (unpaired) electrons. The molecule has 118 valence electrons. The highest BCUT2D eigenvalue weighted by molar-refractivity contribution is 7.89. The number of benzene rings is 1. The average Bonchev–Trinajstić information content (AvgIpc) is 2.42. The van der Waals surface area contributed by atoms with Gasteiger partial charge in [0.05, 0.1) is 11.4 Å². The molecule has 0 heterocycles. The van der Waals surface area contributed by atoms with E-state index in [-0.39, 0.29) is 17.3 Å². The summed E-state index contributed by atoms with van der Waals surface area (Å²) in [7, 11) is -2.33. The molecule has 0 aliphatic rings. The van der Waals surface area contributed by atoms with Crippen LogP contribution in [0.2, 0.25) is 0 Å². The number of aryl methyl sites for hydroxylation is 1. The number of nitrogens with zero attached hydrogens (tertiary/aromatic N) is 2. The maximum absolute atomic E-state index is 12.5. The van der Waals surface area contributed by atoms with Gasteiger partial charge >= 0.3 is 0 Å². The van der Waals surface area contributed by atoms with Crippen molar-refractivity contribution in [2.75, 3.05) is 32.4 Å². The Morgan fingerprint density at radius 1 is 1.24 bits per heavy atom. The van der Waals surface area contributed by atoms with Crippen molar-refractivity contribution in [2.24, 2.45) is 0 Å². The van der Waals surface area contributed by atoms with Crippen LogP contribution in [-0.2, 0) is 14.8 Å². The quantitative estimate of drug-likeness (QED) is 0.796. The summed E-state index contributed by atoms with van der Waals surface area (Å²) in [5.41, 5.74) is 6.64. The van der Waals surface area contributed by atoms with Crippen molar-refractivity contribution in [2.45, 2.75) is 25.7 Å². The molecule has 21 heavy (non-hydrogen) atoms. The molecule has 0 atom stereocenters. The molecule has 0 aromatic heterocycles. The predicted octanol–water partition coefficient (Wildman–Crippen LogP) is 1.07. The molecule has 0 unspecified atom stereocenters. The lowest BCUT2D eigenvalue weighted by Gasteiger charge is -2.23. The van der Waals surface area contributed by atoms with Gasteiger partial charge in [-0.1, -0.05) is 6.07 Å². The highest BCUT2D eigenvalue weighted by Gasteiger charge is 2.26. The van der Waals surface area contributed by atoms with Crippen LogP contribution in [0.4, 0.5) is 5.69 Å². The largest absolute Gasteiger partial charge is 0.399 e. The monoisotopic (exact) mass is 313 g/mol. The number of nitrogen functional groups attached to an aromatic ring is 1. The van der Waals surface area contributed by atoms with Gasteiger partial charge in [0.15, 0.2) is 0 Å². The minimum Gasteiger partial charge on any atom is -0.399 e. The Morgan fingerprint density at radius 2 is 1.81 bits per heavy atom. The number of carbonyl (C=O) groups is 1. The fourth-order valence-corrected chi connectivity index (χ4v) is 3.39. The Labute approximate surface area is 126 Å². The zero-order valence-corrected chi connectivity index (χ0v) is 13.8. The molecule has 1 rings (SSSR count). The van der Waals surface area contributed by atoms with E-state index in [9.17, 15) is 13.2 Å². The summed E-state index contributed by atoms with van der Waals surface area (Å²) in [6, 6.07) is 4.72. The SMILES string of the molecule is CCN(CC)C(=O)CN(C)S(=O)(=O)c1cc(N)ccc1C. The van der Waals surface area contributed by atoms with Crippen molar-refractivity contribution in [3.05, 3.63) is 23.8 Å². The molecule has 1 amide bonds. The maximum atomic E-state index is 12.5. The molecule has 1 aromatic carbocycles. The minimum absolute atomic E-state index is 0.136. The van der Waals surface area contributed by atoms with Gasteiger partial charge in [0, 0.05) is 25.8 Å². The summed E-state index contributed by atoms with van der Waals surface area (Å²) in [5, 5.41) is 0. The summed E-state index contributed by atoms with van der Waals surface area (Å²) in [6.45, 7) is 6.35. The fourth-order valence-electron chi connectivity index (χ4n) is 2.01. The summed E-state index contributed by atoms with van der Waals surface area (Å²) in [4.78, 5) is 13.8. The van der Waals surface area contributed by atoms with Crippen molar-refractivity contribution >= 4 is 21.6 Å². The van der Waals surface area contributed by atoms with Gasteiger partial charge in [0.1, 0.15) is 0 Å². The third kappa shape index (κ3) is 3.95. The van der Waals surface area contributed by atoms with Crippen LogP contribution in [0.3, 0.4) is 0 Å². The van der Waals surface area contributed by atoms with E-state index in [4.69, 9.17) is 5.73 Å². The molecule has 0 bridgehead atoms. The van der Waals surface area contributed by atoms with Crippen molar-refractivity contribution in [1.82, 2.24) is 9.21 Å². The van der Waals surface area contributed by atoms with Crippen LogP contribution < -0.4 is 5.73 Å². The van der Waals surface area contributed by atoms with Gasteiger partial charge in [0.25, 0.3) is 0 Å². The number of rotatable bonds is 6. The first-order valence-electron chi connectivity index (χ1n) is 6.84. The first kappa shape index (κ1) is 17.5. The Hall–Kier alpha value is -1.60. The van der Waals surface area contributed by atoms with Gasteiger partial charge in [-0.15, -0.1) is 0 Å². The molecule has 0 saturated carbocycles. The molecule has 0 aliphatic carbocycles. The third-order valence-electron chi connectivity index (χ3n) is 3.37. The fraction of sp³-hybridized carbons (Fsp3) is 0.500. The van der Waals surface area contributed by atoms with E-state index in [1.165, 1.54) is 13.1 Å². The van der Waals surface area contributed by atoms with Gasteiger partial charge in [-0.05, 0) is 38.5 Å². The Morgan fingerprint density at radius 3 is 2.33 bits per heavy atom. The number of hydrogen-bond donors (Lipinski definition) is 1. The maximum Gasteiger partial charge on any atom is 0.243 e. The number of nitrogens with two attached hydrogens (primary N) is 1. The number of likely N-dealkylation sites (N-methyl/N-ethyl adjacent to an activating group) is 2. The van der Waals surface area contributed by atoms with E-state index >= 15 is 0 Å². The zero-order chi connectivity index (χ0) is 16.2. The van der Waals surface area contributed by atoms with Gasteiger partial charge in [-0.3, -0.25) is 4.79 Å². The predicted molar refractivity (Wildman–Crippen MR) is 83.3 cm³/mol. The Bertz CT molecular complexity index is 610. The van der Waals surface area contributed by atoms with Crippen molar-refractivity contribution in [3.8, 4) is 0 Å². The van der Waals surface area contributed by atoms with E-state index in [0.29, 0.717) is 24.3 Å². The molecule has 0 saturated heterocycles. The van der Waals surface area contributed by atoms with Gasteiger partial charge in [0.2, 0.25) is 15.9 Å². The lowest BCUT2D eigenvalue weighted by Crippen LogP contribution is -2.41. The Balaban J connectivity index is 3.02. The number of carbonyl (C=O) groups excluding carboxylic acids is 1. The highest BCUT2D eigenvalue weighted by Crippen LogP contribution is 2.21. The number of anilines is 1. The second-order valence-electron chi connectivity index (χ2n) is 4.85. The topological polar surface area (TPSA) is 83.7 Å². The number of amides is 1. The second-order valence-corrected chi connectivity index (χ2v) is 6.87. The third-order valence-corrected chi connectivity index (χ3v) is 5.32. The smallest absolute Gasteiger partial charge is 0.243 e. The number of hydrogen-bond acceptors (Lipinski definition) is 4. The van der Waals surface area contributed by atoms with Gasteiger partial charge < -0.3 is 10.6 Å². The Kier molecular flexibility index (Phi) is 5.74. The van der Waals surface area contributed by atoms with Crippen LogP contribution in [0.5, 0.6) is 0 Å². The van der Waals surface area contributed by atoms with Crippen molar-refractivity contribution in [3.63, 3.8) is 0 Å². The van der Waals surface area contributed by atoms with E-state index in [0.717, 1.165) is 4.31 Å². The number of sulfonamides is 1. The van der Waals surface area contributed by atoms with Crippen LogP contribution in [0.1, 0.15) is 19.4 Å². The first-order chi connectivity index (χ1) is 9.73. The van der Waals surface area contributed by atoms with Crippen LogP contribution in [0.25, 0.3) is 0 Å². The molecule has 0 aliphatic heterocycles. The van der Waals surface area contributed by atoms with Crippen LogP contribution in [0, 0.1) is 6.92 Å². The molecule has 0 fully saturated rings. The molecule has 6 nitrogen and oxygen atoms in total. The summed E-state index contributed by atoms with van der Waals surface area (Å²) >= 11 is 0. The van der Waals surface area contributed by atoms with Crippen molar-refractivity contribution in [1.29, 1.82) is 0 Å². The van der Waals surface area contributed by atoms with Gasteiger partial charge in [-0.2, -0.15) is 4.31 Å². The normalized spacial score (nSPS) is 11.7. The van der Waals surface area contributed by atoms with E-state index in [2.05, 4.69) is 0 Å². The molecule has 2 N–H and O–H groups in total.